The number of hydrogen-bond donors (Lipinski definition) is 0. The first kappa shape index (κ1) is 22.0. The van der Waals surface area contributed by atoms with Gasteiger partial charge in [-0.15, -0.1) is 0 Å². The third kappa shape index (κ3) is 5.06. The molecular formula is C22H26N2O5S. The lowest BCUT2D eigenvalue weighted by Crippen LogP contribution is -2.38. The quantitative estimate of drug-likeness (QED) is 0.631. The molecule has 0 aromatic heterocycles. The number of likely N-dealkylation sites (N-methyl/N-ethyl adjacent to an activating group) is 1. The Morgan fingerprint density at radius 3 is 2.23 bits per heavy atom. The van der Waals surface area contributed by atoms with Gasteiger partial charge in [0.2, 0.25) is 16.1 Å². The minimum atomic E-state index is -3.85. The number of rotatable bonds is 7. The minimum Gasteiger partial charge on any atom is -0.446 e. The summed E-state index contributed by atoms with van der Waals surface area (Å²) in [6, 6.07) is 15.2. The zero-order valence-electron chi connectivity index (χ0n) is 17.2. The molecule has 0 saturated carbocycles. The fourth-order valence-corrected chi connectivity index (χ4v) is 4.43. The predicted octanol–water partition coefficient (Wildman–Crippen LogP) is 2.52. The Kier molecular flexibility index (Phi) is 6.89. The highest BCUT2D eigenvalue weighted by molar-refractivity contribution is 7.89. The van der Waals surface area contributed by atoms with E-state index in [1.165, 1.54) is 19.2 Å². The summed E-state index contributed by atoms with van der Waals surface area (Å²) in [5.41, 5.74) is 1.49. The van der Waals surface area contributed by atoms with Crippen molar-refractivity contribution in [3.05, 3.63) is 65.7 Å². The highest BCUT2D eigenvalue weighted by atomic mass is 32.2. The molecule has 7 nitrogen and oxygen atoms in total. The fraction of sp³-hybridized carbons (Fsp3) is 0.364. The van der Waals surface area contributed by atoms with E-state index in [9.17, 15) is 18.0 Å². The summed E-state index contributed by atoms with van der Waals surface area (Å²) in [7, 11) is -2.53. The number of aryl methyl sites for hydroxylation is 1. The molecule has 0 radical (unpaired) electrons. The normalized spacial score (nSPS) is 15.2. The smallest absolute Gasteiger partial charge is 0.322 e. The average Bonchev–Trinajstić information content (AvgIpc) is 3.27. The van der Waals surface area contributed by atoms with Gasteiger partial charge in [0.25, 0.3) is 5.91 Å². The molecule has 0 aliphatic carbocycles. The second kappa shape index (κ2) is 9.40. The Bertz CT molecular complexity index is 984. The number of carbonyl (C=O) groups excluding carboxylic acids is 2. The molecule has 0 spiro atoms. The van der Waals surface area contributed by atoms with Crippen molar-refractivity contribution in [1.29, 1.82) is 0 Å². The summed E-state index contributed by atoms with van der Waals surface area (Å²) in [4.78, 5) is 27.3. The van der Waals surface area contributed by atoms with Crippen LogP contribution in [0, 0.1) is 6.92 Å². The van der Waals surface area contributed by atoms with Crippen LogP contribution in [-0.4, -0.2) is 56.2 Å². The lowest BCUT2D eigenvalue weighted by molar-refractivity contribution is -0.160. The summed E-state index contributed by atoms with van der Waals surface area (Å²) >= 11 is 0. The molecular weight excluding hydrogens is 404 g/mol. The van der Waals surface area contributed by atoms with Gasteiger partial charge >= 0.3 is 5.97 Å². The molecule has 1 fully saturated rings. The van der Waals surface area contributed by atoms with E-state index in [1.54, 1.807) is 41.3 Å². The van der Waals surface area contributed by atoms with Gasteiger partial charge in [-0.2, -0.15) is 4.31 Å². The number of sulfonamides is 1. The molecule has 0 N–H and O–H groups in total. The number of ether oxygens (including phenoxy) is 1. The van der Waals surface area contributed by atoms with Crippen LogP contribution in [0.5, 0.6) is 0 Å². The predicted molar refractivity (Wildman–Crippen MR) is 112 cm³/mol. The van der Waals surface area contributed by atoms with Crippen molar-refractivity contribution in [2.75, 3.05) is 26.7 Å². The average molecular weight is 431 g/mol. The monoisotopic (exact) mass is 430 g/mol. The maximum Gasteiger partial charge on any atom is 0.322 e. The maximum absolute atomic E-state index is 12.9. The third-order valence-corrected chi connectivity index (χ3v) is 6.89. The molecule has 30 heavy (non-hydrogen) atoms. The molecule has 1 atom stereocenters. The zero-order chi connectivity index (χ0) is 21.7. The van der Waals surface area contributed by atoms with E-state index in [0.29, 0.717) is 18.7 Å². The van der Waals surface area contributed by atoms with Gasteiger partial charge in [-0.25, -0.2) is 8.42 Å². The van der Waals surface area contributed by atoms with Gasteiger partial charge in [0.05, 0.1) is 4.90 Å². The largest absolute Gasteiger partial charge is 0.446 e. The third-order valence-electron chi connectivity index (χ3n) is 5.07. The van der Waals surface area contributed by atoms with Crippen LogP contribution in [-0.2, 0) is 24.3 Å². The first-order valence-corrected chi connectivity index (χ1v) is 11.3. The van der Waals surface area contributed by atoms with E-state index in [2.05, 4.69) is 0 Å². The Balaban J connectivity index is 1.73. The number of likely N-dealkylation sites (tertiary alicyclic amines) is 1. The maximum atomic E-state index is 12.9. The van der Waals surface area contributed by atoms with Gasteiger partial charge in [0, 0.05) is 25.7 Å². The standard InChI is InChI=1S/C22H26N2O5S/c1-17-10-12-19(13-11-17)30(27,28)23(2)16-20(25)29-21(18-8-4-3-5-9-18)22(26)24-14-6-7-15-24/h3-5,8-13,21H,6-7,14-16H2,1-2H3. The van der Waals surface area contributed by atoms with Crippen molar-refractivity contribution in [2.24, 2.45) is 0 Å². The minimum absolute atomic E-state index is 0.0937. The van der Waals surface area contributed by atoms with E-state index < -0.39 is 28.6 Å². The Hall–Kier alpha value is -2.71. The Morgan fingerprint density at radius 1 is 1.03 bits per heavy atom. The van der Waals surface area contributed by atoms with E-state index in [4.69, 9.17) is 4.74 Å². The van der Waals surface area contributed by atoms with Crippen molar-refractivity contribution in [1.82, 2.24) is 9.21 Å². The summed E-state index contributed by atoms with van der Waals surface area (Å²) in [5.74, 6) is -1.06. The molecule has 1 aliphatic heterocycles. The molecule has 1 unspecified atom stereocenters. The van der Waals surface area contributed by atoms with Crippen LogP contribution >= 0.6 is 0 Å². The molecule has 3 rings (SSSR count). The molecule has 1 saturated heterocycles. The van der Waals surface area contributed by atoms with Crippen LogP contribution in [0.15, 0.2) is 59.5 Å². The number of hydrogen-bond acceptors (Lipinski definition) is 5. The summed E-state index contributed by atoms with van der Waals surface area (Å²) < 4.78 is 31.9. The van der Waals surface area contributed by atoms with Crippen molar-refractivity contribution in [3.63, 3.8) is 0 Å². The first-order valence-electron chi connectivity index (χ1n) is 9.85. The van der Waals surface area contributed by atoms with Gasteiger partial charge in [-0.3, -0.25) is 9.59 Å². The lowest BCUT2D eigenvalue weighted by atomic mass is 10.1. The number of esters is 1. The van der Waals surface area contributed by atoms with Crippen LogP contribution in [0.1, 0.15) is 30.1 Å². The Morgan fingerprint density at radius 2 is 1.63 bits per heavy atom. The molecule has 0 bridgehead atoms. The van der Waals surface area contributed by atoms with Gasteiger partial charge in [0.1, 0.15) is 6.54 Å². The highest BCUT2D eigenvalue weighted by Crippen LogP contribution is 2.23. The molecule has 1 amide bonds. The van der Waals surface area contributed by atoms with Crippen LogP contribution in [0.25, 0.3) is 0 Å². The van der Waals surface area contributed by atoms with Crippen LogP contribution in [0.4, 0.5) is 0 Å². The molecule has 2 aromatic carbocycles. The van der Waals surface area contributed by atoms with E-state index in [1.807, 2.05) is 13.0 Å². The molecule has 1 heterocycles. The van der Waals surface area contributed by atoms with Gasteiger partial charge in [-0.1, -0.05) is 48.0 Å². The molecule has 8 heteroatoms. The van der Waals surface area contributed by atoms with Crippen LogP contribution < -0.4 is 0 Å². The lowest BCUT2D eigenvalue weighted by Gasteiger charge is -2.24. The van der Waals surface area contributed by atoms with E-state index in [-0.39, 0.29) is 10.8 Å². The Labute approximate surface area is 177 Å². The number of nitrogens with zero attached hydrogens (tertiary/aromatic N) is 2. The second-order valence-electron chi connectivity index (χ2n) is 7.39. The molecule has 2 aromatic rings. The summed E-state index contributed by atoms with van der Waals surface area (Å²) in [6.45, 7) is 2.62. The van der Waals surface area contributed by atoms with Crippen molar-refractivity contribution < 1.29 is 22.7 Å². The molecule has 160 valence electrons. The number of benzene rings is 2. The summed E-state index contributed by atoms with van der Waals surface area (Å²) in [6.07, 6.45) is 0.740. The van der Waals surface area contributed by atoms with Crippen molar-refractivity contribution in [2.45, 2.75) is 30.8 Å². The van der Waals surface area contributed by atoms with Crippen molar-refractivity contribution in [3.8, 4) is 0 Å². The van der Waals surface area contributed by atoms with Gasteiger partial charge in [-0.05, 0) is 31.9 Å². The van der Waals surface area contributed by atoms with E-state index >= 15 is 0 Å². The van der Waals surface area contributed by atoms with Crippen LogP contribution in [0.3, 0.4) is 0 Å². The highest BCUT2D eigenvalue weighted by Gasteiger charge is 2.32. The number of amides is 1. The first-order chi connectivity index (χ1) is 14.3. The van der Waals surface area contributed by atoms with Crippen molar-refractivity contribution >= 4 is 21.9 Å². The van der Waals surface area contributed by atoms with Gasteiger partial charge < -0.3 is 9.64 Å². The summed E-state index contributed by atoms with van der Waals surface area (Å²) in [5, 5.41) is 0. The zero-order valence-corrected chi connectivity index (χ0v) is 18.0. The fourth-order valence-electron chi connectivity index (χ4n) is 3.32. The van der Waals surface area contributed by atoms with E-state index in [0.717, 1.165) is 22.7 Å². The SMILES string of the molecule is Cc1ccc(S(=O)(=O)N(C)CC(=O)OC(C(=O)N2CCCC2)c2ccccc2)cc1. The topological polar surface area (TPSA) is 84.0 Å². The second-order valence-corrected chi connectivity index (χ2v) is 9.43. The number of carbonyl (C=O) groups is 2. The molecule has 1 aliphatic rings. The van der Waals surface area contributed by atoms with Crippen LogP contribution in [0.2, 0.25) is 0 Å². The van der Waals surface area contributed by atoms with Gasteiger partial charge in [0.15, 0.2) is 0 Å².